The molecule has 0 aliphatic heterocycles. The number of nitriles is 1. The minimum Gasteiger partial charge on any atom is -0.348 e. The van der Waals surface area contributed by atoms with Gasteiger partial charge in [0.05, 0.1) is 6.07 Å². The van der Waals surface area contributed by atoms with Crippen LogP contribution in [0.5, 0.6) is 0 Å². The number of anilines is 1. The Kier molecular flexibility index (Phi) is 13.5. The smallest absolute Gasteiger partial charge is 0.236 e. The van der Waals surface area contributed by atoms with Crippen molar-refractivity contribution in [2.75, 3.05) is 18.0 Å². The monoisotopic (exact) mass is 615 g/mol. The molecule has 1 unspecified atom stereocenters. The summed E-state index contributed by atoms with van der Waals surface area (Å²) >= 11 is 1.54. The molecule has 2 heterocycles. The van der Waals surface area contributed by atoms with Gasteiger partial charge in [-0.3, -0.25) is 4.79 Å². The third-order valence-electron chi connectivity index (χ3n) is 7.89. The van der Waals surface area contributed by atoms with Crippen LogP contribution in [-0.4, -0.2) is 45.0 Å². The first kappa shape index (κ1) is 34.8. The van der Waals surface area contributed by atoms with Crippen LogP contribution in [0.3, 0.4) is 0 Å². The van der Waals surface area contributed by atoms with Gasteiger partial charge in [-0.1, -0.05) is 96.1 Å². The fourth-order valence-electron chi connectivity index (χ4n) is 4.81. The molecule has 0 saturated heterocycles. The second-order valence-electron chi connectivity index (χ2n) is 12.3. The molecule has 1 atom stereocenters. The lowest BCUT2D eigenvalue weighted by Crippen LogP contribution is -2.27. The largest absolute Gasteiger partial charge is 0.348 e. The number of carbonyl (C=O) groups excluding carboxylic acids is 1. The molecule has 0 bridgehead atoms. The van der Waals surface area contributed by atoms with Gasteiger partial charge in [0.1, 0.15) is 16.4 Å². The first-order chi connectivity index (χ1) is 21.1. The molecular formula is C35H49N7OS. The Hall–Kier alpha value is -3.64. The zero-order valence-corrected chi connectivity index (χ0v) is 28.6. The van der Waals surface area contributed by atoms with Crippen molar-refractivity contribution < 1.29 is 4.79 Å². The van der Waals surface area contributed by atoms with Crippen molar-refractivity contribution in [1.82, 2.24) is 19.7 Å². The first-order valence-electron chi connectivity index (χ1n) is 16.0. The molecule has 3 aromatic rings. The molecule has 0 spiro atoms. The van der Waals surface area contributed by atoms with Gasteiger partial charge in [0.2, 0.25) is 6.41 Å². The van der Waals surface area contributed by atoms with Crippen LogP contribution in [0.2, 0.25) is 0 Å². The molecule has 0 aliphatic carbocycles. The molecule has 0 fully saturated rings. The van der Waals surface area contributed by atoms with Crippen LogP contribution in [0, 0.1) is 23.2 Å². The number of allylic oxidation sites excluding steroid dienone is 2. The lowest BCUT2D eigenvalue weighted by molar-refractivity contribution is 0.528. The fourth-order valence-corrected chi connectivity index (χ4v) is 5.82. The summed E-state index contributed by atoms with van der Waals surface area (Å²) in [6, 6.07) is 12.3. The Morgan fingerprint density at radius 3 is 2.25 bits per heavy atom. The number of aromatic nitrogens is 4. The minimum atomic E-state index is 0.142. The lowest BCUT2D eigenvalue weighted by atomic mass is 9.99. The van der Waals surface area contributed by atoms with Gasteiger partial charge in [-0.15, -0.1) is 5.10 Å². The summed E-state index contributed by atoms with van der Waals surface area (Å²) in [4.78, 5) is 30.0. The minimum absolute atomic E-state index is 0.142. The van der Waals surface area contributed by atoms with E-state index >= 15 is 0 Å². The summed E-state index contributed by atoms with van der Waals surface area (Å²) in [5, 5.41) is 16.1. The van der Waals surface area contributed by atoms with Gasteiger partial charge >= 0.3 is 0 Å². The summed E-state index contributed by atoms with van der Waals surface area (Å²) in [6.45, 7) is 18.7. The van der Waals surface area contributed by atoms with E-state index in [0.29, 0.717) is 51.8 Å². The fraction of sp³-hybridized carbons (Fsp3) is 0.543. The van der Waals surface area contributed by atoms with Crippen molar-refractivity contribution in [1.29, 1.82) is 5.26 Å². The van der Waals surface area contributed by atoms with Crippen molar-refractivity contribution in [2.24, 2.45) is 16.8 Å². The van der Waals surface area contributed by atoms with Crippen molar-refractivity contribution in [2.45, 2.75) is 99.8 Å². The molecule has 1 aromatic carbocycles. The van der Waals surface area contributed by atoms with Gasteiger partial charge in [-0.05, 0) is 56.9 Å². The van der Waals surface area contributed by atoms with Gasteiger partial charge in [-0.2, -0.15) is 9.94 Å². The zero-order chi connectivity index (χ0) is 32.2. The van der Waals surface area contributed by atoms with Crippen LogP contribution in [0.1, 0.15) is 111 Å². The van der Waals surface area contributed by atoms with E-state index in [0.717, 1.165) is 68.0 Å². The summed E-state index contributed by atoms with van der Waals surface area (Å²) < 4.78 is 1.28. The number of aliphatic imine (C=N–C) groups is 1. The van der Waals surface area contributed by atoms with Gasteiger partial charge in [0.25, 0.3) is 0 Å². The Morgan fingerprint density at radius 1 is 1.05 bits per heavy atom. The van der Waals surface area contributed by atoms with Crippen molar-refractivity contribution in [3.05, 3.63) is 53.1 Å². The average Bonchev–Trinajstić information content (AvgIpc) is 3.64. The van der Waals surface area contributed by atoms with Crippen LogP contribution in [0.25, 0.3) is 11.3 Å². The highest BCUT2D eigenvalue weighted by Gasteiger charge is 2.25. The highest BCUT2D eigenvalue weighted by Crippen LogP contribution is 2.41. The quantitative estimate of drug-likeness (QED) is 0.0853. The third-order valence-corrected chi connectivity index (χ3v) is 8.90. The highest BCUT2D eigenvalue weighted by molar-refractivity contribution is 7.19. The Bertz CT molecular complexity index is 1450. The predicted octanol–water partition coefficient (Wildman–Crippen LogP) is 9.00. The van der Waals surface area contributed by atoms with Gasteiger partial charge in [-0.25, -0.2) is 15.0 Å². The molecule has 44 heavy (non-hydrogen) atoms. The zero-order valence-electron chi connectivity index (χ0n) is 27.8. The van der Waals surface area contributed by atoms with E-state index in [1.165, 1.54) is 4.68 Å². The van der Waals surface area contributed by atoms with Crippen LogP contribution in [0.4, 0.5) is 10.1 Å². The predicted molar refractivity (Wildman–Crippen MR) is 184 cm³/mol. The van der Waals surface area contributed by atoms with Crippen LogP contribution in [0.15, 0.2) is 46.5 Å². The van der Waals surface area contributed by atoms with Gasteiger partial charge in [0.15, 0.2) is 16.8 Å². The van der Waals surface area contributed by atoms with Gasteiger partial charge < -0.3 is 4.90 Å². The van der Waals surface area contributed by atoms with E-state index in [-0.39, 0.29) is 5.92 Å². The molecule has 8 nitrogen and oxygen atoms in total. The molecular weight excluding hydrogens is 567 g/mol. The lowest BCUT2D eigenvalue weighted by Gasteiger charge is -2.23. The molecule has 0 aliphatic rings. The number of unbranched alkanes of at least 4 members (excludes halogenated alkanes) is 1. The topological polar surface area (TPSA) is 100 Å². The first-order valence-corrected chi connectivity index (χ1v) is 16.8. The molecule has 0 amide bonds. The second kappa shape index (κ2) is 17.0. The number of carbonyl (C=O) groups is 1. The van der Waals surface area contributed by atoms with Crippen molar-refractivity contribution >= 4 is 33.6 Å². The van der Waals surface area contributed by atoms with Gasteiger partial charge in [0, 0.05) is 30.1 Å². The number of thiazole rings is 1. The Morgan fingerprint density at radius 2 is 1.70 bits per heavy atom. The highest BCUT2D eigenvalue weighted by atomic mass is 32.1. The van der Waals surface area contributed by atoms with E-state index in [9.17, 15) is 10.1 Å². The number of benzene rings is 1. The van der Waals surface area contributed by atoms with E-state index in [2.05, 4.69) is 57.6 Å². The SMILES string of the molecule is CCCCC(CC)c1nc(C(=N\c2sc(N(CCC(C)C)CCC(C)C)nc2-c2ccccc2)/C(C)=C(\C)C#N)n(C=O)n1. The summed E-state index contributed by atoms with van der Waals surface area (Å²) in [5.74, 6) is 2.28. The van der Waals surface area contributed by atoms with Crippen LogP contribution < -0.4 is 4.90 Å². The summed E-state index contributed by atoms with van der Waals surface area (Å²) in [6.07, 6.45) is 6.77. The maximum absolute atomic E-state index is 12.3. The molecule has 0 radical (unpaired) electrons. The van der Waals surface area contributed by atoms with Crippen molar-refractivity contribution in [3.63, 3.8) is 0 Å². The maximum atomic E-state index is 12.3. The second-order valence-corrected chi connectivity index (χ2v) is 13.2. The van der Waals surface area contributed by atoms with E-state index in [1.807, 2.05) is 37.3 Å². The molecule has 0 saturated carbocycles. The third kappa shape index (κ3) is 9.18. The van der Waals surface area contributed by atoms with Crippen LogP contribution in [-0.2, 0) is 4.79 Å². The number of hydrogen-bond donors (Lipinski definition) is 0. The standard InChI is InChI=1S/C35H49N7OS/c1-9-11-15-28(10-2)32-39-33(42(23-43)40-32)30(27(8)26(7)22-36)37-34-31(29-16-13-12-14-17-29)38-35(44-34)41(20-18-24(3)4)21-19-25(5)6/h12-14,16-17,23-25,28H,9-11,15,18-21H2,1-8H3/b27-26+,37-30-. The van der Waals surface area contributed by atoms with E-state index in [1.54, 1.807) is 18.3 Å². The number of hydrogen-bond acceptors (Lipinski definition) is 8. The summed E-state index contributed by atoms with van der Waals surface area (Å²) in [7, 11) is 0. The number of nitrogens with zero attached hydrogens (tertiary/aromatic N) is 7. The normalized spacial score (nSPS) is 13.2. The Labute approximate surface area is 268 Å². The van der Waals surface area contributed by atoms with E-state index < -0.39 is 0 Å². The average molecular weight is 616 g/mol. The number of rotatable bonds is 17. The maximum Gasteiger partial charge on any atom is 0.236 e. The van der Waals surface area contributed by atoms with E-state index in [4.69, 9.17) is 15.0 Å². The van der Waals surface area contributed by atoms with Crippen molar-refractivity contribution in [3.8, 4) is 17.3 Å². The molecule has 3 rings (SSSR count). The Balaban J connectivity index is 2.27. The summed E-state index contributed by atoms with van der Waals surface area (Å²) in [5.41, 5.74) is 3.36. The molecule has 236 valence electrons. The van der Waals surface area contributed by atoms with Crippen LogP contribution >= 0.6 is 11.3 Å². The molecule has 0 N–H and O–H groups in total. The molecule has 2 aromatic heterocycles. The molecule has 9 heteroatoms.